The van der Waals surface area contributed by atoms with Gasteiger partial charge in [0.15, 0.2) is 24.0 Å². The summed E-state index contributed by atoms with van der Waals surface area (Å²) in [6.45, 7) is 0.132. The highest BCUT2D eigenvalue weighted by Gasteiger charge is 2.27. The second kappa shape index (κ2) is 6.51. The first-order valence-corrected chi connectivity index (χ1v) is 6.56. The zero-order valence-corrected chi connectivity index (χ0v) is 11.2. The van der Waals surface area contributed by atoms with E-state index in [9.17, 15) is 18.4 Å². The van der Waals surface area contributed by atoms with Crippen LogP contribution in [0.5, 0.6) is 5.75 Å². The van der Waals surface area contributed by atoms with Gasteiger partial charge in [0.2, 0.25) is 0 Å². The Morgan fingerprint density at radius 3 is 2.33 bits per heavy atom. The number of rotatable bonds is 4. The molecule has 21 heavy (non-hydrogen) atoms. The van der Waals surface area contributed by atoms with Crippen LogP contribution < -0.4 is 4.74 Å². The molecule has 1 fully saturated rings. The maximum Gasteiger partial charge on any atom is 0.306 e. The van der Waals surface area contributed by atoms with Crippen molar-refractivity contribution in [1.82, 2.24) is 4.90 Å². The minimum Gasteiger partial charge on any atom is -0.481 e. The van der Waals surface area contributed by atoms with E-state index < -0.39 is 41.8 Å². The van der Waals surface area contributed by atoms with E-state index in [4.69, 9.17) is 9.84 Å². The van der Waals surface area contributed by atoms with E-state index in [-0.39, 0.29) is 0 Å². The summed E-state index contributed by atoms with van der Waals surface area (Å²) in [5.41, 5.74) is 0. The summed E-state index contributed by atoms with van der Waals surface area (Å²) in [5, 5.41) is 8.86. The van der Waals surface area contributed by atoms with Crippen molar-refractivity contribution >= 4 is 11.9 Å². The number of ether oxygens (including phenoxy) is 1. The zero-order chi connectivity index (χ0) is 15.4. The van der Waals surface area contributed by atoms with Gasteiger partial charge in [-0.1, -0.05) is 6.07 Å². The summed E-state index contributed by atoms with van der Waals surface area (Å²) in [4.78, 5) is 24.1. The molecule has 5 nitrogen and oxygen atoms in total. The van der Waals surface area contributed by atoms with E-state index in [2.05, 4.69) is 0 Å². The number of piperidine rings is 1. The van der Waals surface area contributed by atoms with Crippen LogP contribution in [0.4, 0.5) is 8.78 Å². The largest absolute Gasteiger partial charge is 0.481 e. The molecule has 0 spiro atoms. The third kappa shape index (κ3) is 3.68. The van der Waals surface area contributed by atoms with Crippen LogP contribution in [0.1, 0.15) is 12.8 Å². The molecule has 1 saturated heterocycles. The quantitative estimate of drug-likeness (QED) is 0.918. The summed E-state index contributed by atoms with van der Waals surface area (Å²) < 4.78 is 31.6. The molecule has 7 heteroatoms. The molecule has 114 valence electrons. The number of nitrogens with zero attached hydrogens (tertiary/aromatic N) is 1. The molecule has 0 radical (unpaired) electrons. The maximum absolute atomic E-state index is 13.3. The smallest absolute Gasteiger partial charge is 0.306 e. The first-order chi connectivity index (χ1) is 9.99. The summed E-state index contributed by atoms with van der Waals surface area (Å²) in [7, 11) is 0. The Kier molecular flexibility index (Phi) is 4.72. The van der Waals surface area contributed by atoms with Gasteiger partial charge in [-0.05, 0) is 25.0 Å². The highest BCUT2D eigenvalue weighted by Crippen LogP contribution is 2.21. The van der Waals surface area contributed by atoms with Crippen LogP contribution >= 0.6 is 0 Å². The molecule has 0 atom stereocenters. The lowest BCUT2D eigenvalue weighted by Gasteiger charge is -2.30. The molecule has 1 amide bonds. The number of para-hydroxylation sites is 1. The van der Waals surface area contributed by atoms with Crippen LogP contribution in [0.3, 0.4) is 0 Å². The number of carbonyl (C=O) groups excluding carboxylic acids is 1. The van der Waals surface area contributed by atoms with Gasteiger partial charge in [-0.25, -0.2) is 8.78 Å². The topological polar surface area (TPSA) is 66.8 Å². The molecular formula is C14H15F2NO4. The molecule has 0 saturated carbocycles. The molecule has 1 aliphatic rings. The Bertz CT molecular complexity index is 522. The highest BCUT2D eigenvalue weighted by atomic mass is 19.1. The second-order valence-electron chi connectivity index (χ2n) is 4.83. The number of carboxylic acid groups (broad SMARTS) is 1. The number of carboxylic acids is 1. The fourth-order valence-electron chi connectivity index (χ4n) is 2.22. The van der Waals surface area contributed by atoms with Gasteiger partial charge in [0.25, 0.3) is 5.91 Å². The second-order valence-corrected chi connectivity index (χ2v) is 4.83. The molecule has 1 heterocycles. The van der Waals surface area contributed by atoms with Gasteiger partial charge in [-0.3, -0.25) is 9.59 Å². The van der Waals surface area contributed by atoms with Crippen LogP contribution in [0, 0.1) is 17.6 Å². The fraction of sp³-hybridized carbons (Fsp3) is 0.429. The minimum atomic E-state index is -0.869. The van der Waals surface area contributed by atoms with Crippen LogP contribution in [-0.4, -0.2) is 41.6 Å². The molecule has 0 aromatic heterocycles. The van der Waals surface area contributed by atoms with Crippen molar-refractivity contribution in [3.63, 3.8) is 0 Å². The predicted octanol–water partition coefficient (Wildman–Crippen LogP) is 1.67. The molecule has 1 N–H and O–H groups in total. The monoisotopic (exact) mass is 299 g/mol. The summed E-state index contributed by atoms with van der Waals surface area (Å²) >= 11 is 0. The lowest BCUT2D eigenvalue weighted by molar-refractivity contribution is -0.146. The average molecular weight is 299 g/mol. The van der Waals surface area contributed by atoms with Gasteiger partial charge in [0.1, 0.15) is 0 Å². The van der Waals surface area contributed by atoms with Gasteiger partial charge in [-0.15, -0.1) is 0 Å². The molecule has 0 aliphatic carbocycles. The number of halogens is 2. The molecule has 0 unspecified atom stereocenters. The van der Waals surface area contributed by atoms with Crippen LogP contribution in [0.15, 0.2) is 18.2 Å². The first-order valence-electron chi connectivity index (χ1n) is 6.56. The number of hydrogen-bond donors (Lipinski definition) is 1. The van der Waals surface area contributed by atoms with E-state index in [1.807, 2.05) is 0 Å². The van der Waals surface area contributed by atoms with Crippen LogP contribution in [0.2, 0.25) is 0 Å². The van der Waals surface area contributed by atoms with Gasteiger partial charge in [-0.2, -0.15) is 0 Å². The Morgan fingerprint density at radius 1 is 1.24 bits per heavy atom. The Hall–Kier alpha value is -2.18. The van der Waals surface area contributed by atoms with Crippen molar-refractivity contribution in [2.45, 2.75) is 12.8 Å². The fourth-order valence-corrected chi connectivity index (χ4v) is 2.22. The summed E-state index contributed by atoms with van der Waals surface area (Å²) in [6.07, 6.45) is 0.740. The lowest BCUT2D eigenvalue weighted by atomic mass is 9.97. The maximum atomic E-state index is 13.3. The Morgan fingerprint density at radius 2 is 1.81 bits per heavy atom. The number of likely N-dealkylation sites (tertiary alicyclic amines) is 1. The van der Waals surface area contributed by atoms with Crippen molar-refractivity contribution in [3.05, 3.63) is 29.8 Å². The third-order valence-corrected chi connectivity index (χ3v) is 3.46. The molecule has 1 aromatic carbocycles. The van der Waals surface area contributed by atoms with Gasteiger partial charge in [0, 0.05) is 13.1 Å². The SMILES string of the molecule is O=C(O)C1CCN(C(=O)COc2c(F)cccc2F)CC1. The van der Waals surface area contributed by atoms with Crippen LogP contribution in [0.25, 0.3) is 0 Å². The highest BCUT2D eigenvalue weighted by molar-refractivity contribution is 5.78. The standard InChI is InChI=1S/C14H15F2NO4/c15-10-2-1-3-11(16)13(10)21-8-12(18)17-6-4-9(5-7-17)14(19)20/h1-3,9H,4-8H2,(H,19,20). The van der Waals surface area contributed by atoms with E-state index >= 15 is 0 Å². The van der Waals surface area contributed by atoms with Crippen molar-refractivity contribution in [1.29, 1.82) is 0 Å². The third-order valence-electron chi connectivity index (χ3n) is 3.46. The number of carbonyl (C=O) groups is 2. The van der Waals surface area contributed by atoms with E-state index in [1.165, 1.54) is 11.0 Å². The summed E-state index contributed by atoms with van der Waals surface area (Å²) in [5.74, 6) is -4.04. The number of hydrogen-bond acceptors (Lipinski definition) is 3. The number of aliphatic carboxylic acids is 1. The minimum absolute atomic E-state index is 0.304. The van der Waals surface area contributed by atoms with Gasteiger partial charge in [0.05, 0.1) is 5.92 Å². The van der Waals surface area contributed by atoms with Crippen molar-refractivity contribution in [3.8, 4) is 5.75 Å². The molecule has 2 rings (SSSR count). The Labute approximate surface area is 120 Å². The molecule has 0 bridgehead atoms. The van der Waals surface area contributed by atoms with E-state index in [0.717, 1.165) is 12.1 Å². The van der Waals surface area contributed by atoms with Crippen molar-refractivity contribution < 1.29 is 28.2 Å². The molecule has 1 aromatic rings. The van der Waals surface area contributed by atoms with E-state index in [0.29, 0.717) is 25.9 Å². The lowest BCUT2D eigenvalue weighted by Crippen LogP contribution is -2.42. The summed E-state index contributed by atoms with van der Waals surface area (Å²) in [6, 6.07) is 3.29. The van der Waals surface area contributed by atoms with Crippen molar-refractivity contribution in [2.24, 2.45) is 5.92 Å². The van der Waals surface area contributed by atoms with Crippen molar-refractivity contribution in [2.75, 3.05) is 19.7 Å². The van der Waals surface area contributed by atoms with E-state index in [1.54, 1.807) is 0 Å². The zero-order valence-electron chi connectivity index (χ0n) is 11.2. The average Bonchev–Trinajstić information content (AvgIpc) is 2.46. The van der Waals surface area contributed by atoms with Crippen LogP contribution in [-0.2, 0) is 9.59 Å². The normalized spacial score (nSPS) is 15.8. The van der Waals surface area contributed by atoms with Gasteiger partial charge < -0.3 is 14.7 Å². The Balaban J connectivity index is 1.87. The molecule has 1 aliphatic heterocycles. The first kappa shape index (κ1) is 15.2. The number of benzene rings is 1. The predicted molar refractivity (Wildman–Crippen MR) is 68.8 cm³/mol. The van der Waals surface area contributed by atoms with Gasteiger partial charge >= 0.3 is 5.97 Å². The molecular weight excluding hydrogens is 284 g/mol. The number of amides is 1.